The molecule has 0 radical (unpaired) electrons. The maximum Gasteiger partial charge on any atom is 0.0489 e. The molecule has 2 heteroatoms. The number of piperidine rings is 1. The van der Waals surface area contributed by atoms with E-state index in [4.69, 9.17) is 0 Å². The zero-order chi connectivity index (χ0) is 17.2. The Labute approximate surface area is 150 Å². The molecule has 25 heavy (non-hydrogen) atoms. The molecule has 2 heterocycles. The van der Waals surface area contributed by atoms with E-state index in [1.54, 1.807) is 0 Å². The van der Waals surface area contributed by atoms with Crippen molar-refractivity contribution in [2.24, 2.45) is 5.92 Å². The van der Waals surface area contributed by atoms with Gasteiger partial charge in [-0.15, -0.1) is 0 Å². The summed E-state index contributed by atoms with van der Waals surface area (Å²) >= 11 is 0. The zero-order valence-corrected chi connectivity index (χ0v) is 15.3. The smallest absolute Gasteiger partial charge is 0.0489 e. The highest BCUT2D eigenvalue weighted by Crippen LogP contribution is 2.34. The van der Waals surface area contributed by atoms with Gasteiger partial charge in [-0.2, -0.15) is 0 Å². The number of hydrogen-bond donors (Lipinski definition) is 1. The Kier molecular flexibility index (Phi) is 4.63. The predicted octanol–water partition coefficient (Wildman–Crippen LogP) is 5.43. The molecule has 1 aliphatic heterocycles. The third-order valence-corrected chi connectivity index (χ3v) is 5.32. The van der Waals surface area contributed by atoms with Gasteiger partial charge in [-0.25, -0.2) is 0 Å². The summed E-state index contributed by atoms with van der Waals surface area (Å²) < 4.78 is 2.48. The van der Waals surface area contributed by atoms with Gasteiger partial charge in [-0.05, 0) is 54.0 Å². The van der Waals surface area contributed by atoms with Crippen molar-refractivity contribution in [3.05, 3.63) is 60.3 Å². The zero-order valence-electron chi connectivity index (χ0n) is 15.3. The van der Waals surface area contributed by atoms with Crippen LogP contribution in [0.2, 0.25) is 0 Å². The molecule has 130 valence electrons. The van der Waals surface area contributed by atoms with Crippen LogP contribution < -0.4 is 5.32 Å². The lowest BCUT2D eigenvalue weighted by atomic mass is 9.91. The molecule has 0 spiro atoms. The number of benzene rings is 2. The number of fused-ring (bicyclic) bond motifs is 1. The summed E-state index contributed by atoms with van der Waals surface area (Å²) in [4.78, 5) is 0. The van der Waals surface area contributed by atoms with Gasteiger partial charge in [0.25, 0.3) is 0 Å². The van der Waals surface area contributed by atoms with Crippen LogP contribution in [0.3, 0.4) is 0 Å². The molecule has 4 rings (SSSR count). The van der Waals surface area contributed by atoms with Gasteiger partial charge in [0.2, 0.25) is 0 Å². The number of rotatable bonds is 4. The average Bonchev–Trinajstić information content (AvgIpc) is 3.00. The molecule has 1 aliphatic rings. The van der Waals surface area contributed by atoms with E-state index in [-0.39, 0.29) is 0 Å². The van der Waals surface area contributed by atoms with E-state index >= 15 is 0 Å². The Morgan fingerprint density at radius 2 is 1.92 bits per heavy atom. The van der Waals surface area contributed by atoms with Crippen LogP contribution in [0.15, 0.2) is 54.7 Å². The molecule has 1 N–H and O–H groups in total. The molecule has 1 unspecified atom stereocenters. The van der Waals surface area contributed by atoms with Gasteiger partial charge in [0.15, 0.2) is 0 Å². The topological polar surface area (TPSA) is 17.0 Å². The molecule has 0 bridgehead atoms. The number of aromatic nitrogens is 1. The fraction of sp³-hybridized carbons (Fsp3) is 0.391. The van der Waals surface area contributed by atoms with E-state index in [0.717, 1.165) is 13.1 Å². The van der Waals surface area contributed by atoms with Crippen LogP contribution in [-0.2, 0) is 6.54 Å². The van der Waals surface area contributed by atoms with Crippen LogP contribution >= 0.6 is 0 Å². The van der Waals surface area contributed by atoms with Crippen LogP contribution in [-0.4, -0.2) is 17.7 Å². The highest BCUT2D eigenvalue weighted by Gasteiger charge is 2.20. The fourth-order valence-corrected chi connectivity index (χ4v) is 4.12. The summed E-state index contributed by atoms with van der Waals surface area (Å²) in [7, 11) is 0. The lowest BCUT2D eigenvalue weighted by molar-refractivity contribution is 0.461. The minimum atomic E-state index is 0.646. The molecule has 3 aromatic rings. The Hall–Kier alpha value is -2.06. The first kappa shape index (κ1) is 16.4. The first-order valence-corrected chi connectivity index (χ1v) is 9.61. The van der Waals surface area contributed by atoms with E-state index in [2.05, 4.69) is 78.5 Å². The highest BCUT2D eigenvalue weighted by atomic mass is 15.0. The minimum Gasteiger partial charge on any atom is -0.347 e. The van der Waals surface area contributed by atoms with Gasteiger partial charge in [0, 0.05) is 30.2 Å². The fourth-order valence-electron chi connectivity index (χ4n) is 4.12. The van der Waals surface area contributed by atoms with Crippen molar-refractivity contribution in [3.63, 3.8) is 0 Å². The normalized spacial score (nSPS) is 18.1. The number of hydrogen-bond acceptors (Lipinski definition) is 1. The van der Waals surface area contributed by atoms with Gasteiger partial charge in [0.05, 0.1) is 0 Å². The molecular formula is C23H28N2. The third kappa shape index (κ3) is 3.36. The Morgan fingerprint density at radius 1 is 1.08 bits per heavy atom. The largest absolute Gasteiger partial charge is 0.347 e. The first-order chi connectivity index (χ1) is 12.2. The van der Waals surface area contributed by atoms with Crippen molar-refractivity contribution in [2.45, 2.75) is 39.2 Å². The molecule has 1 atom stereocenters. The summed E-state index contributed by atoms with van der Waals surface area (Å²) in [5.74, 6) is 1.29. The van der Waals surface area contributed by atoms with Gasteiger partial charge in [-0.1, -0.05) is 56.3 Å². The van der Waals surface area contributed by atoms with E-state index in [1.807, 2.05) is 0 Å². The van der Waals surface area contributed by atoms with Crippen molar-refractivity contribution in [2.75, 3.05) is 13.1 Å². The second-order valence-electron chi connectivity index (χ2n) is 7.77. The average molecular weight is 332 g/mol. The van der Waals surface area contributed by atoms with Crippen molar-refractivity contribution >= 4 is 10.9 Å². The van der Waals surface area contributed by atoms with E-state index in [9.17, 15) is 0 Å². The number of nitrogens with zero attached hydrogens (tertiary/aromatic N) is 1. The molecule has 1 aromatic heterocycles. The Bertz CT molecular complexity index is 839. The summed E-state index contributed by atoms with van der Waals surface area (Å²) in [5, 5.41) is 5.01. The molecule has 2 nitrogen and oxygen atoms in total. The lowest BCUT2D eigenvalue weighted by Crippen LogP contribution is -2.28. The van der Waals surface area contributed by atoms with Crippen LogP contribution in [0, 0.1) is 5.92 Å². The second kappa shape index (κ2) is 7.05. The second-order valence-corrected chi connectivity index (χ2v) is 7.77. The van der Waals surface area contributed by atoms with Crippen molar-refractivity contribution < 1.29 is 0 Å². The summed E-state index contributed by atoms with van der Waals surface area (Å²) in [5.41, 5.74) is 5.52. The van der Waals surface area contributed by atoms with Gasteiger partial charge in [-0.3, -0.25) is 0 Å². The molecule has 0 saturated carbocycles. The standard InChI is InChI=1S/C23H28N2/c1-17(2)15-25-16-22(20-9-6-12-24-14-20)21-11-10-19(13-23(21)25)18-7-4-3-5-8-18/h3-5,7-8,10-11,13,16-17,20,24H,6,9,12,14-15H2,1-2H3. The van der Waals surface area contributed by atoms with E-state index in [1.165, 1.54) is 47.0 Å². The van der Waals surface area contributed by atoms with Crippen LogP contribution in [0.4, 0.5) is 0 Å². The van der Waals surface area contributed by atoms with E-state index < -0.39 is 0 Å². The molecule has 0 aliphatic carbocycles. The third-order valence-electron chi connectivity index (χ3n) is 5.32. The monoisotopic (exact) mass is 332 g/mol. The summed E-state index contributed by atoms with van der Waals surface area (Å²) in [6.45, 7) is 7.96. The summed E-state index contributed by atoms with van der Waals surface area (Å²) in [6, 6.07) is 17.7. The predicted molar refractivity (Wildman–Crippen MR) is 107 cm³/mol. The maximum absolute atomic E-state index is 3.58. The SMILES string of the molecule is CC(C)Cn1cc(C2CCCNC2)c2ccc(-c3ccccc3)cc21. The van der Waals surface area contributed by atoms with E-state index in [0.29, 0.717) is 11.8 Å². The highest BCUT2D eigenvalue weighted by molar-refractivity contribution is 5.89. The molecule has 1 fully saturated rings. The maximum atomic E-state index is 3.58. The van der Waals surface area contributed by atoms with Crippen molar-refractivity contribution in [1.82, 2.24) is 9.88 Å². The van der Waals surface area contributed by atoms with Crippen LogP contribution in [0.5, 0.6) is 0 Å². The quantitative estimate of drug-likeness (QED) is 0.674. The minimum absolute atomic E-state index is 0.646. The molecule has 1 saturated heterocycles. The van der Waals surface area contributed by atoms with Crippen molar-refractivity contribution in [3.8, 4) is 11.1 Å². The Morgan fingerprint density at radius 3 is 2.64 bits per heavy atom. The van der Waals surface area contributed by atoms with Crippen LogP contribution in [0.1, 0.15) is 38.2 Å². The van der Waals surface area contributed by atoms with Crippen LogP contribution in [0.25, 0.3) is 22.0 Å². The molecule has 2 aromatic carbocycles. The first-order valence-electron chi connectivity index (χ1n) is 9.61. The lowest BCUT2D eigenvalue weighted by Gasteiger charge is -2.22. The number of nitrogens with one attached hydrogen (secondary N) is 1. The van der Waals surface area contributed by atoms with Gasteiger partial charge in [0.1, 0.15) is 0 Å². The summed E-state index contributed by atoms with van der Waals surface area (Å²) in [6.07, 6.45) is 5.01. The molecular weight excluding hydrogens is 304 g/mol. The van der Waals surface area contributed by atoms with Crippen molar-refractivity contribution in [1.29, 1.82) is 0 Å². The van der Waals surface area contributed by atoms with Gasteiger partial charge < -0.3 is 9.88 Å². The molecule has 0 amide bonds. The Balaban J connectivity index is 1.82. The van der Waals surface area contributed by atoms with Gasteiger partial charge >= 0.3 is 0 Å².